The standard InChI is InChI=1S/C14H13N3OS/c1-2-15-13(18)12-8-19-14(17-12)11-7-9-5-3-4-6-10(9)16-11/h3-8,16H,2H2,1H3,(H,15,18). The van der Waals surface area contributed by atoms with Crippen LogP contribution in [-0.2, 0) is 0 Å². The number of fused-ring (bicyclic) bond motifs is 1. The number of nitrogens with zero attached hydrogens (tertiary/aromatic N) is 1. The van der Waals surface area contributed by atoms with E-state index in [1.165, 1.54) is 11.3 Å². The van der Waals surface area contributed by atoms with Crippen LogP contribution >= 0.6 is 11.3 Å². The van der Waals surface area contributed by atoms with Gasteiger partial charge in [0.05, 0.1) is 5.69 Å². The maximum Gasteiger partial charge on any atom is 0.270 e. The zero-order valence-electron chi connectivity index (χ0n) is 10.4. The Balaban J connectivity index is 1.96. The number of thiazole rings is 1. The molecule has 0 spiro atoms. The van der Waals surface area contributed by atoms with Crippen molar-refractivity contribution in [1.82, 2.24) is 15.3 Å². The maximum atomic E-state index is 11.7. The number of aromatic amines is 1. The second-order valence-corrected chi connectivity index (χ2v) is 5.03. The van der Waals surface area contributed by atoms with E-state index in [4.69, 9.17) is 0 Å². The number of amides is 1. The number of hydrogen-bond donors (Lipinski definition) is 2. The van der Waals surface area contributed by atoms with Crippen molar-refractivity contribution in [3.8, 4) is 10.7 Å². The number of aromatic nitrogens is 2. The molecule has 0 saturated heterocycles. The normalized spacial score (nSPS) is 10.8. The van der Waals surface area contributed by atoms with Crippen LogP contribution < -0.4 is 5.32 Å². The van der Waals surface area contributed by atoms with Gasteiger partial charge in [-0.2, -0.15) is 0 Å². The van der Waals surface area contributed by atoms with Gasteiger partial charge in [-0.15, -0.1) is 11.3 Å². The Bertz CT molecular complexity index is 696. The molecule has 0 fully saturated rings. The van der Waals surface area contributed by atoms with E-state index < -0.39 is 0 Å². The summed E-state index contributed by atoms with van der Waals surface area (Å²) < 4.78 is 0. The number of nitrogens with one attached hydrogen (secondary N) is 2. The summed E-state index contributed by atoms with van der Waals surface area (Å²) in [5.41, 5.74) is 2.49. The highest BCUT2D eigenvalue weighted by molar-refractivity contribution is 7.13. The van der Waals surface area contributed by atoms with Crippen LogP contribution in [0.15, 0.2) is 35.7 Å². The van der Waals surface area contributed by atoms with Crippen molar-refractivity contribution in [1.29, 1.82) is 0 Å². The molecule has 1 amide bonds. The van der Waals surface area contributed by atoms with E-state index in [2.05, 4.69) is 21.4 Å². The van der Waals surface area contributed by atoms with Gasteiger partial charge in [-0.1, -0.05) is 18.2 Å². The third-order valence-corrected chi connectivity index (χ3v) is 3.71. The first kappa shape index (κ1) is 11.9. The van der Waals surface area contributed by atoms with Crippen LogP contribution in [0.1, 0.15) is 17.4 Å². The molecule has 2 aromatic heterocycles. The first-order valence-corrected chi connectivity index (χ1v) is 6.97. The topological polar surface area (TPSA) is 57.8 Å². The van der Waals surface area contributed by atoms with Gasteiger partial charge < -0.3 is 10.3 Å². The first-order valence-electron chi connectivity index (χ1n) is 6.10. The highest BCUT2D eigenvalue weighted by atomic mass is 32.1. The molecule has 1 aromatic carbocycles. The fourth-order valence-electron chi connectivity index (χ4n) is 1.94. The van der Waals surface area contributed by atoms with Crippen LogP contribution in [0.5, 0.6) is 0 Å². The van der Waals surface area contributed by atoms with Gasteiger partial charge in [-0.25, -0.2) is 4.98 Å². The Morgan fingerprint density at radius 1 is 1.42 bits per heavy atom. The summed E-state index contributed by atoms with van der Waals surface area (Å²) in [6, 6.07) is 10.1. The Labute approximate surface area is 114 Å². The maximum absolute atomic E-state index is 11.7. The lowest BCUT2D eigenvalue weighted by Crippen LogP contribution is -2.22. The molecule has 4 nitrogen and oxygen atoms in total. The molecule has 2 N–H and O–H groups in total. The average molecular weight is 271 g/mol. The van der Waals surface area contributed by atoms with E-state index in [1.54, 1.807) is 5.38 Å². The molecule has 0 saturated carbocycles. The van der Waals surface area contributed by atoms with E-state index in [9.17, 15) is 4.79 Å². The van der Waals surface area contributed by atoms with E-state index in [0.717, 1.165) is 21.6 Å². The van der Waals surface area contributed by atoms with E-state index in [-0.39, 0.29) is 5.91 Å². The third-order valence-electron chi connectivity index (χ3n) is 2.83. The smallest absolute Gasteiger partial charge is 0.270 e. The monoisotopic (exact) mass is 271 g/mol. The Morgan fingerprint density at radius 2 is 2.26 bits per heavy atom. The molecule has 0 atom stereocenters. The van der Waals surface area contributed by atoms with E-state index in [0.29, 0.717) is 12.2 Å². The number of H-pyrrole nitrogens is 1. The lowest BCUT2D eigenvalue weighted by molar-refractivity contribution is 0.0951. The molecule has 3 rings (SSSR count). The molecular formula is C14H13N3OS. The Kier molecular flexibility index (Phi) is 3.05. The Morgan fingerprint density at radius 3 is 3.05 bits per heavy atom. The summed E-state index contributed by atoms with van der Waals surface area (Å²) in [5, 5.41) is 6.51. The van der Waals surface area contributed by atoms with Gasteiger partial charge >= 0.3 is 0 Å². The van der Waals surface area contributed by atoms with Gasteiger partial charge in [0, 0.05) is 22.8 Å². The van der Waals surface area contributed by atoms with Crippen molar-refractivity contribution in [2.45, 2.75) is 6.92 Å². The number of rotatable bonds is 3. The van der Waals surface area contributed by atoms with Crippen LogP contribution in [-0.4, -0.2) is 22.4 Å². The SMILES string of the molecule is CCNC(=O)c1csc(-c2cc3ccccc3[nH]2)n1. The van der Waals surface area contributed by atoms with Gasteiger partial charge in [0.2, 0.25) is 0 Å². The third kappa shape index (κ3) is 2.24. The molecule has 0 bridgehead atoms. The molecule has 19 heavy (non-hydrogen) atoms. The molecular weight excluding hydrogens is 258 g/mol. The van der Waals surface area contributed by atoms with E-state index >= 15 is 0 Å². The van der Waals surface area contributed by atoms with Crippen LogP contribution in [0.25, 0.3) is 21.6 Å². The second kappa shape index (κ2) is 4.85. The van der Waals surface area contributed by atoms with Crippen molar-refractivity contribution in [2.24, 2.45) is 0 Å². The number of benzene rings is 1. The minimum absolute atomic E-state index is 0.124. The predicted molar refractivity (Wildman–Crippen MR) is 77.4 cm³/mol. The predicted octanol–water partition coefficient (Wildman–Crippen LogP) is 3.04. The van der Waals surface area contributed by atoms with Gasteiger partial charge in [-0.3, -0.25) is 4.79 Å². The molecule has 5 heteroatoms. The van der Waals surface area contributed by atoms with Gasteiger partial charge in [0.15, 0.2) is 0 Å². The summed E-state index contributed by atoms with van der Waals surface area (Å²) in [6.07, 6.45) is 0. The highest BCUT2D eigenvalue weighted by Gasteiger charge is 2.12. The lowest BCUT2D eigenvalue weighted by Gasteiger charge is -1.96. The van der Waals surface area contributed by atoms with Crippen LogP contribution in [0, 0.1) is 0 Å². The van der Waals surface area contributed by atoms with Crippen molar-refractivity contribution in [3.05, 3.63) is 41.4 Å². The molecule has 0 unspecified atom stereocenters. The summed E-state index contributed by atoms with van der Waals surface area (Å²) in [4.78, 5) is 19.4. The van der Waals surface area contributed by atoms with Crippen molar-refractivity contribution in [3.63, 3.8) is 0 Å². The summed E-state index contributed by atoms with van der Waals surface area (Å²) in [5.74, 6) is -0.124. The molecule has 96 valence electrons. The fraction of sp³-hybridized carbons (Fsp3) is 0.143. The molecule has 3 aromatic rings. The summed E-state index contributed by atoms with van der Waals surface area (Å²) in [7, 11) is 0. The van der Waals surface area contributed by atoms with Crippen LogP contribution in [0.2, 0.25) is 0 Å². The zero-order valence-corrected chi connectivity index (χ0v) is 11.3. The van der Waals surface area contributed by atoms with Crippen molar-refractivity contribution in [2.75, 3.05) is 6.54 Å². The molecule has 2 heterocycles. The summed E-state index contributed by atoms with van der Waals surface area (Å²) in [6.45, 7) is 2.50. The fourth-order valence-corrected chi connectivity index (χ4v) is 2.71. The minimum Gasteiger partial charge on any atom is -0.353 e. The Hall–Kier alpha value is -2.14. The largest absolute Gasteiger partial charge is 0.353 e. The molecule has 0 radical (unpaired) electrons. The van der Waals surface area contributed by atoms with Gasteiger partial charge in [0.1, 0.15) is 10.7 Å². The van der Waals surface area contributed by atoms with Crippen molar-refractivity contribution < 1.29 is 4.79 Å². The van der Waals surface area contributed by atoms with Gasteiger partial charge in [-0.05, 0) is 19.1 Å². The van der Waals surface area contributed by atoms with E-state index in [1.807, 2.05) is 31.2 Å². The lowest BCUT2D eigenvalue weighted by atomic mass is 10.2. The minimum atomic E-state index is -0.124. The number of carbonyl (C=O) groups is 1. The first-order chi connectivity index (χ1) is 9.28. The van der Waals surface area contributed by atoms with Crippen LogP contribution in [0.3, 0.4) is 0 Å². The number of para-hydroxylation sites is 1. The van der Waals surface area contributed by atoms with Crippen LogP contribution in [0.4, 0.5) is 0 Å². The summed E-state index contributed by atoms with van der Waals surface area (Å²) >= 11 is 1.47. The van der Waals surface area contributed by atoms with Gasteiger partial charge in [0.25, 0.3) is 5.91 Å². The van der Waals surface area contributed by atoms with Crippen molar-refractivity contribution >= 4 is 28.1 Å². The quantitative estimate of drug-likeness (QED) is 0.769. The zero-order chi connectivity index (χ0) is 13.2. The highest BCUT2D eigenvalue weighted by Crippen LogP contribution is 2.26. The molecule has 0 aliphatic heterocycles. The molecule has 0 aliphatic rings. The number of carbonyl (C=O) groups excluding carboxylic acids is 1. The molecule has 0 aliphatic carbocycles. The second-order valence-electron chi connectivity index (χ2n) is 4.17. The number of hydrogen-bond acceptors (Lipinski definition) is 3. The average Bonchev–Trinajstić information content (AvgIpc) is 3.05.